The first kappa shape index (κ1) is 14.0. The zero-order chi connectivity index (χ0) is 12.8. The van der Waals surface area contributed by atoms with Crippen LogP contribution in [0.4, 0.5) is 0 Å². The lowest BCUT2D eigenvalue weighted by molar-refractivity contribution is 0.0922. The highest BCUT2D eigenvalue weighted by molar-refractivity contribution is 6.17. The summed E-state index contributed by atoms with van der Waals surface area (Å²) in [7, 11) is 1.82. The summed E-state index contributed by atoms with van der Waals surface area (Å²) in [5.41, 5.74) is 2.25. The van der Waals surface area contributed by atoms with E-state index in [0.717, 1.165) is 11.4 Å². The van der Waals surface area contributed by atoms with Crippen LogP contribution in [0.2, 0.25) is 0 Å². The van der Waals surface area contributed by atoms with Gasteiger partial charge in [0.25, 0.3) is 5.91 Å². The molecule has 0 aliphatic rings. The maximum atomic E-state index is 11.9. The fraction of sp³-hybridized carbons (Fsp3) is 0.636. The second kappa shape index (κ2) is 6.61. The average molecular weight is 260 g/mol. The Morgan fingerprint density at radius 1 is 1.47 bits per heavy atom. The Bertz CT molecular complexity index is 390. The van der Waals surface area contributed by atoms with E-state index in [0.29, 0.717) is 31.2 Å². The maximum absolute atomic E-state index is 11.9. The van der Waals surface area contributed by atoms with Crippen molar-refractivity contribution < 1.29 is 9.53 Å². The molecule has 0 spiro atoms. The summed E-state index contributed by atoms with van der Waals surface area (Å²) in [5, 5.41) is 6.99. The number of amides is 1. The normalized spacial score (nSPS) is 10.6. The van der Waals surface area contributed by atoms with Crippen molar-refractivity contribution in [3.63, 3.8) is 0 Å². The molecule has 0 unspecified atom stereocenters. The van der Waals surface area contributed by atoms with Gasteiger partial charge in [-0.15, -0.1) is 11.6 Å². The minimum Gasteiger partial charge on any atom is -0.378 e. The Morgan fingerprint density at radius 2 is 2.18 bits per heavy atom. The molecular formula is C11H18ClN3O2. The van der Waals surface area contributed by atoms with E-state index in [-0.39, 0.29) is 5.91 Å². The first-order chi connectivity index (χ1) is 8.07. The summed E-state index contributed by atoms with van der Waals surface area (Å²) in [6.07, 6.45) is 0. The fourth-order valence-electron chi connectivity index (χ4n) is 1.58. The first-order valence-corrected chi connectivity index (χ1v) is 6.03. The van der Waals surface area contributed by atoms with E-state index in [9.17, 15) is 4.79 Å². The molecule has 1 N–H and O–H groups in total. The summed E-state index contributed by atoms with van der Waals surface area (Å²) in [5.74, 6) is 0.358. The number of rotatable bonds is 6. The lowest BCUT2D eigenvalue weighted by Gasteiger charge is -2.05. The number of ether oxygens (including phenoxy) is 1. The molecule has 5 nitrogen and oxygen atoms in total. The third kappa shape index (κ3) is 3.71. The molecule has 0 fully saturated rings. The summed E-state index contributed by atoms with van der Waals surface area (Å²) in [6, 6.07) is 0. The van der Waals surface area contributed by atoms with Crippen molar-refractivity contribution >= 4 is 17.5 Å². The molecule has 0 bridgehead atoms. The molecule has 17 heavy (non-hydrogen) atoms. The summed E-state index contributed by atoms with van der Waals surface area (Å²) >= 11 is 5.46. The van der Waals surface area contributed by atoms with Crippen molar-refractivity contribution in [2.24, 2.45) is 7.05 Å². The van der Waals surface area contributed by atoms with Gasteiger partial charge in [0.1, 0.15) is 0 Å². The van der Waals surface area contributed by atoms with Crippen molar-refractivity contribution in [1.29, 1.82) is 0 Å². The largest absolute Gasteiger partial charge is 0.378 e. The Labute approximate surface area is 106 Å². The monoisotopic (exact) mass is 259 g/mol. The Balaban J connectivity index is 2.47. The minimum atomic E-state index is -0.109. The van der Waals surface area contributed by atoms with Gasteiger partial charge < -0.3 is 10.1 Å². The molecule has 96 valence electrons. The molecular weight excluding hydrogens is 242 g/mol. The van der Waals surface area contributed by atoms with Gasteiger partial charge >= 0.3 is 0 Å². The molecule has 0 radical (unpaired) electrons. The van der Waals surface area contributed by atoms with Gasteiger partial charge in [0, 0.05) is 25.2 Å². The topological polar surface area (TPSA) is 56.2 Å². The Morgan fingerprint density at radius 3 is 2.71 bits per heavy atom. The molecule has 0 saturated carbocycles. The number of aryl methyl sites for hydroxylation is 2. The summed E-state index contributed by atoms with van der Waals surface area (Å²) in [6.45, 7) is 5.15. The molecule has 0 aromatic carbocycles. The number of halogens is 1. The molecule has 0 aliphatic carbocycles. The number of hydrogen-bond acceptors (Lipinski definition) is 3. The van der Waals surface area contributed by atoms with Crippen molar-refractivity contribution in [3.8, 4) is 0 Å². The Kier molecular flexibility index (Phi) is 5.44. The highest BCUT2D eigenvalue weighted by Crippen LogP contribution is 2.11. The number of aromatic nitrogens is 2. The zero-order valence-corrected chi connectivity index (χ0v) is 11.2. The third-order valence-electron chi connectivity index (χ3n) is 2.49. The van der Waals surface area contributed by atoms with Gasteiger partial charge in [-0.25, -0.2) is 0 Å². The number of nitrogens with zero attached hydrogens (tertiary/aromatic N) is 2. The molecule has 0 aliphatic heterocycles. The molecule has 1 rings (SSSR count). The third-order valence-corrected chi connectivity index (χ3v) is 2.64. The second-order valence-corrected chi connectivity index (χ2v) is 4.10. The highest BCUT2D eigenvalue weighted by Gasteiger charge is 2.16. The lowest BCUT2D eigenvalue weighted by Crippen LogP contribution is -2.28. The van der Waals surface area contributed by atoms with Crippen molar-refractivity contribution in [3.05, 3.63) is 17.0 Å². The number of carbonyl (C=O) groups is 1. The minimum absolute atomic E-state index is 0.109. The van der Waals surface area contributed by atoms with Gasteiger partial charge in [0.2, 0.25) is 0 Å². The van der Waals surface area contributed by atoms with Gasteiger partial charge in [-0.2, -0.15) is 5.10 Å². The van der Waals surface area contributed by atoms with Gasteiger partial charge in [-0.1, -0.05) is 0 Å². The van der Waals surface area contributed by atoms with Gasteiger partial charge in [0.15, 0.2) is 0 Å². The quantitative estimate of drug-likeness (QED) is 0.613. The van der Waals surface area contributed by atoms with Gasteiger partial charge in [-0.05, 0) is 13.8 Å². The first-order valence-electron chi connectivity index (χ1n) is 5.50. The van der Waals surface area contributed by atoms with E-state index in [4.69, 9.17) is 16.3 Å². The maximum Gasteiger partial charge on any atom is 0.255 e. The second-order valence-electron chi connectivity index (χ2n) is 3.73. The van der Waals surface area contributed by atoms with Crippen molar-refractivity contribution in [1.82, 2.24) is 15.1 Å². The van der Waals surface area contributed by atoms with E-state index < -0.39 is 0 Å². The van der Waals surface area contributed by atoms with E-state index in [2.05, 4.69) is 10.4 Å². The summed E-state index contributed by atoms with van der Waals surface area (Å²) < 4.78 is 6.87. The van der Waals surface area contributed by atoms with E-state index in [1.807, 2.05) is 20.9 Å². The molecule has 6 heteroatoms. The average Bonchev–Trinajstić information content (AvgIpc) is 2.53. The van der Waals surface area contributed by atoms with Gasteiger partial charge in [-0.3, -0.25) is 9.48 Å². The molecule has 1 amide bonds. The molecule has 1 aromatic heterocycles. The SMILES string of the molecule is Cc1nn(C)c(C)c1C(=O)NCCOCCCl. The number of hydrogen-bond donors (Lipinski definition) is 1. The Hall–Kier alpha value is -1.07. The van der Waals surface area contributed by atoms with Crippen LogP contribution in [-0.2, 0) is 11.8 Å². The molecule has 1 heterocycles. The zero-order valence-electron chi connectivity index (χ0n) is 10.4. The predicted molar refractivity (Wildman–Crippen MR) is 66.6 cm³/mol. The van der Waals surface area contributed by atoms with Crippen LogP contribution in [0.3, 0.4) is 0 Å². The van der Waals surface area contributed by atoms with Crippen LogP contribution in [-0.4, -0.2) is 41.3 Å². The van der Waals surface area contributed by atoms with Crippen LogP contribution in [0.15, 0.2) is 0 Å². The fourth-order valence-corrected chi connectivity index (χ4v) is 1.69. The van der Waals surface area contributed by atoms with Crippen LogP contribution in [0.1, 0.15) is 21.7 Å². The molecule has 1 aromatic rings. The van der Waals surface area contributed by atoms with Crippen LogP contribution in [0.5, 0.6) is 0 Å². The molecule has 0 saturated heterocycles. The van der Waals surface area contributed by atoms with Crippen LogP contribution >= 0.6 is 11.6 Å². The van der Waals surface area contributed by atoms with Crippen LogP contribution in [0, 0.1) is 13.8 Å². The predicted octanol–water partition coefficient (Wildman–Crippen LogP) is 1.02. The van der Waals surface area contributed by atoms with E-state index in [1.54, 1.807) is 4.68 Å². The lowest BCUT2D eigenvalue weighted by atomic mass is 10.2. The number of alkyl halides is 1. The van der Waals surface area contributed by atoms with E-state index >= 15 is 0 Å². The van der Waals surface area contributed by atoms with Crippen LogP contribution in [0.25, 0.3) is 0 Å². The van der Waals surface area contributed by atoms with Crippen molar-refractivity contribution in [2.75, 3.05) is 25.6 Å². The number of nitrogens with one attached hydrogen (secondary N) is 1. The highest BCUT2D eigenvalue weighted by atomic mass is 35.5. The summed E-state index contributed by atoms with van der Waals surface area (Å²) in [4.78, 5) is 11.9. The van der Waals surface area contributed by atoms with Crippen molar-refractivity contribution in [2.45, 2.75) is 13.8 Å². The molecule has 0 atom stereocenters. The van der Waals surface area contributed by atoms with Crippen LogP contribution < -0.4 is 5.32 Å². The standard InChI is InChI=1S/C11H18ClN3O2/c1-8-10(9(2)15(3)14-8)11(16)13-5-7-17-6-4-12/h4-7H2,1-3H3,(H,13,16). The van der Waals surface area contributed by atoms with Gasteiger partial charge in [0.05, 0.1) is 24.5 Å². The smallest absolute Gasteiger partial charge is 0.255 e. The number of carbonyl (C=O) groups excluding carboxylic acids is 1. The van der Waals surface area contributed by atoms with E-state index in [1.165, 1.54) is 0 Å².